The predicted octanol–water partition coefficient (Wildman–Crippen LogP) is 2.43. The molecule has 1 aromatic carbocycles. The van der Waals surface area contributed by atoms with Crippen molar-refractivity contribution in [1.29, 1.82) is 0 Å². The molecule has 0 saturated carbocycles. The first-order valence-corrected chi connectivity index (χ1v) is 10.0. The minimum atomic E-state index is 0.0638. The zero-order chi connectivity index (χ0) is 19.5. The van der Waals surface area contributed by atoms with Crippen molar-refractivity contribution in [2.24, 2.45) is 4.99 Å². The molecular weight excluding hydrogens is 340 g/mol. The number of piperidine rings is 1. The van der Waals surface area contributed by atoms with Crippen molar-refractivity contribution in [1.82, 2.24) is 15.5 Å². The van der Waals surface area contributed by atoms with E-state index in [1.807, 2.05) is 19.2 Å². The van der Waals surface area contributed by atoms with Gasteiger partial charge in [-0.15, -0.1) is 0 Å². The Labute approximate surface area is 164 Å². The number of aryl methyl sites for hydroxylation is 1. The Kier molecular flexibility index (Phi) is 9.42. The fourth-order valence-electron chi connectivity index (χ4n) is 3.25. The number of hydrogen-bond acceptors (Lipinski definition) is 4. The molecule has 27 heavy (non-hydrogen) atoms. The Morgan fingerprint density at radius 2 is 1.96 bits per heavy atom. The highest BCUT2D eigenvalue weighted by atomic mass is 16.5. The van der Waals surface area contributed by atoms with Gasteiger partial charge in [0.15, 0.2) is 5.96 Å². The number of methoxy groups -OCH3 is 1. The average Bonchev–Trinajstić information content (AvgIpc) is 2.68. The van der Waals surface area contributed by atoms with Crippen LogP contribution < -0.4 is 15.4 Å². The SMILES string of the molecule is CN=C(NCC(C)Oc1ccc(C)cc1)NC1CCN(CCCOC)CC1. The van der Waals surface area contributed by atoms with Crippen molar-refractivity contribution >= 4 is 5.96 Å². The Bertz CT molecular complexity index is 554. The maximum absolute atomic E-state index is 5.95. The lowest BCUT2D eigenvalue weighted by Crippen LogP contribution is -2.50. The molecule has 2 rings (SSSR count). The standard InChI is InChI=1S/C21H36N4O2/c1-17-6-8-20(9-7-17)27-18(2)16-23-21(22-3)24-19-10-13-25(14-11-19)12-5-15-26-4/h6-9,18-19H,5,10-16H2,1-4H3,(H2,22,23,24). The quantitative estimate of drug-likeness (QED) is 0.394. The molecule has 1 unspecified atom stereocenters. The summed E-state index contributed by atoms with van der Waals surface area (Å²) in [5.41, 5.74) is 1.24. The maximum Gasteiger partial charge on any atom is 0.191 e. The molecule has 0 amide bonds. The van der Waals surface area contributed by atoms with Crippen LogP contribution in [0, 0.1) is 6.92 Å². The molecule has 1 saturated heterocycles. The van der Waals surface area contributed by atoms with Gasteiger partial charge in [0.1, 0.15) is 11.9 Å². The summed E-state index contributed by atoms with van der Waals surface area (Å²) in [6.45, 7) is 9.09. The van der Waals surface area contributed by atoms with E-state index in [9.17, 15) is 0 Å². The highest BCUT2D eigenvalue weighted by Crippen LogP contribution is 2.13. The lowest BCUT2D eigenvalue weighted by Gasteiger charge is -2.33. The van der Waals surface area contributed by atoms with E-state index >= 15 is 0 Å². The molecule has 1 aromatic rings. The molecule has 0 spiro atoms. The largest absolute Gasteiger partial charge is 0.489 e. The van der Waals surface area contributed by atoms with E-state index in [1.165, 1.54) is 5.56 Å². The van der Waals surface area contributed by atoms with E-state index in [2.05, 4.69) is 46.5 Å². The summed E-state index contributed by atoms with van der Waals surface area (Å²) in [7, 11) is 3.59. The van der Waals surface area contributed by atoms with Crippen LogP contribution >= 0.6 is 0 Å². The maximum atomic E-state index is 5.95. The summed E-state index contributed by atoms with van der Waals surface area (Å²) in [4.78, 5) is 6.88. The summed E-state index contributed by atoms with van der Waals surface area (Å²) < 4.78 is 11.1. The number of nitrogens with zero attached hydrogens (tertiary/aromatic N) is 2. The van der Waals surface area contributed by atoms with Gasteiger partial charge in [-0.2, -0.15) is 0 Å². The van der Waals surface area contributed by atoms with Crippen molar-refractivity contribution in [3.05, 3.63) is 29.8 Å². The summed E-state index contributed by atoms with van der Waals surface area (Å²) in [6, 6.07) is 8.64. The molecule has 152 valence electrons. The molecular formula is C21H36N4O2. The van der Waals surface area contributed by atoms with E-state index in [4.69, 9.17) is 9.47 Å². The lowest BCUT2D eigenvalue weighted by molar-refractivity contribution is 0.155. The van der Waals surface area contributed by atoms with Crippen LogP contribution in [0.3, 0.4) is 0 Å². The van der Waals surface area contributed by atoms with Gasteiger partial charge in [0.05, 0.1) is 6.54 Å². The molecule has 0 aromatic heterocycles. The van der Waals surface area contributed by atoms with Crippen molar-refractivity contribution in [2.45, 2.75) is 45.3 Å². The number of likely N-dealkylation sites (tertiary alicyclic amines) is 1. The molecule has 0 radical (unpaired) electrons. The summed E-state index contributed by atoms with van der Waals surface area (Å²) in [6.07, 6.45) is 3.46. The minimum absolute atomic E-state index is 0.0638. The van der Waals surface area contributed by atoms with E-state index in [1.54, 1.807) is 7.11 Å². The second-order valence-electron chi connectivity index (χ2n) is 7.30. The van der Waals surface area contributed by atoms with Gasteiger partial charge in [-0.3, -0.25) is 4.99 Å². The zero-order valence-electron chi connectivity index (χ0n) is 17.3. The highest BCUT2D eigenvalue weighted by molar-refractivity contribution is 5.80. The zero-order valence-corrected chi connectivity index (χ0v) is 17.3. The van der Waals surface area contributed by atoms with Gasteiger partial charge in [0.2, 0.25) is 0 Å². The number of aliphatic imine (C=N–C) groups is 1. The first kappa shape index (κ1) is 21.5. The van der Waals surface area contributed by atoms with Gasteiger partial charge < -0.3 is 25.0 Å². The molecule has 0 bridgehead atoms. The average molecular weight is 377 g/mol. The van der Waals surface area contributed by atoms with E-state index < -0.39 is 0 Å². The summed E-state index contributed by atoms with van der Waals surface area (Å²) in [5.74, 6) is 1.76. The van der Waals surface area contributed by atoms with Gasteiger partial charge in [0.25, 0.3) is 0 Å². The number of guanidine groups is 1. The van der Waals surface area contributed by atoms with Crippen molar-refractivity contribution in [3.63, 3.8) is 0 Å². The van der Waals surface area contributed by atoms with Crippen LogP contribution in [-0.2, 0) is 4.74 Å². The topological polar surface area (TPSA) is 58.1 Å². The molecule has 2 N–H and O–H groups in total. The van der Waals surface area contributed by atoms with Crippen molar-refractivity contribution in [2.75, 3.05) is 46.9 Å². The van der Waals surface area contributed by atoms with Gasteiger partial charge in [-0.05, 0) is 45.2 Å². The first-order valence-electron chi connectivity index (χ1n) is 10.0. The van der Waals surface area contributed by atoms with Gasteiger partial charge in [0, 0.05) is 46.4 Å². The van der Waals surface area contributed by atoms with Crippen LogP contribution in [0.25, 0.3) is 0 Å². The molecule has 0 aliphatic carbocycles. The van der Waals surface area contributed by atoms with Crippen LogP contribution in [0.5, 0.6) is 5.75 Å². The van der Waals surface area contributed by atoms with Gasteiger partial charge >= 0.3 is 0 Å². The summed E-state index contributed by atoms with van der Waals surface area (Å²) in [5, 5.41) is 6.94. The number of rotatable bonds is 9. The van der Waals surface area contributed by atoms with Gasteiger partial charge in [-0.25, -0.2) is 0 Å². The number of hydrogen-bond donors (Lipinski definition) is 2. The van der Waals surface area contributed by atoms with Crippen LogP contribution in [0.4, 0.5) is 0 Å². The monoisotopic (exact) mass is 376 g/mol. The Morgan fingerprint density at radius 1 is 1.26 bits per heavy atom. The number of benzene rings is 1. The van der Waals surface area contributed by atoms with Gasteiger partial charge in [-0.1, -0.05) is 17.7 Å². The van der Waals surface area contributed by atoms with E-state index in [-0.39, 0.29) is 6.10 Å². The first-order chi connectivity index (χ1) is 13.1. The second-order valence-corrected chi connectivity index (χ2v) is 7.30. The predicted molar refractivity (Wildman–Crippen MR) is 112 cm³/mol. The third kappa shape index (κ3) is 8.18. The third-order valence-corrected chi connectivity index (χ3v) is 4.89. The molecule has 1 aliphatic rings. The van der Waals surface area contributed by atoms with Crippen molar-refractivity contribution in [3.8, 4) is 5.75 Å². The van der Waals surface area contributed by atoms with E-state index in [0.29, 0.717) is 12.6 Å². The lowest BCUT2D eigenvalue weighted by atomic mass is 10.1. The van der Waals surface area contributed by atoms with Crippen LogP contribution in [0.1, 0.15) is 31.7 Å². The smallest absolute Gasteiger partial charge is 0.191 e. The number of ether oxygens (including phenoxy) is 2. The Balaban J connectivity index is 1.66. The van der Waals surface area contributed by atoms with Crippen LogP contribution in [0.15, 0.2) is 29.3 Å². The van der Waals surface area contributed by atoms with Crippen LogP contribution in [-0.4, -0.2) is 69.9 Å². The molecule has 1 aliphatic heterocycles. The molecule has 1 atom stereocenters. The van der Waals surface area contributed by atoms with Crippen molar-refractivity contribution < 1.29 is 9.47 Å². The fraction of sp³-hybridized carbons (Fsp3) is 0.667. The van der Waals surface area contributed by atoms with E-state index in [0.717, 1.165) is 57.2 Å². The Morgan fingerprint density at radius 3 is 2.59 bits per heavy atom. The summed E-state index contributed by atoms with van der Waals surface area (Å²) >= 11 is 0. The highest BCUT2D eigenvalue weighted by Gasteiger charge is 2.19. The normalized spacial score (nSPS) is 17.6. The minimum Gasteiger partial charge on any atom is -0.489 e. The molecule has 6 nitrogen and oxygen atoms in total. The Hall–Kier alpha value is -1.79. The second kappa shape index (κ2) is 11.8. The molecule has 1 fully saturated rings. The molecule has 1 heterocycles. The number of nitrogens with one attached hydrogen (secondary N) is 2. The third-order valence-electron chi connectivity index (χ3n) is 4.89. The van der Waals surface area contributed by atoms with Crippen LogP contribution in [0.2, 0.25) is 0 Å². The fourth-order valence-corrected chi connectivity index (χ4v) is 3.25. The molecule has 6 heteroatoms.